The van der Waals surface area contributed by atoms with E-state index in [0.717, 1.165) is 16.3 Å². The Bertz CT molecular complexity index is 215. The Labute approximate surface area is 71.7 Å². The molecule has 1 aliphatic rings. The van der Waals surface area contributed by atoms with Gasteiger partial charge in [-0.05, 0) is 14.2 Å². The summed E-state index contributed by atoms with van der Waals surface area (Å²) in [5, 5.41) is 0. The second kappa shape index (κ2) is 3.41. The second-order valence-corrected chi connectivity index (χ2v) is 4.36. The maximum atomic E-state index is 10.2. The lowest BCUT2D eigenvalue weighted by Gasteiger charge is -1.95. The van der Waals surface area contributed by atoms with Crippen LogP contribution in [0.25, 0.3) is 0 Å². The van der Waals surface area contributed by atoms with Crippen molar-refractivity contribution in [3.05, 3.63) is 20.2 Å². The fourth-order valence-electron chi connectivity index (χ4n) is 0.426. The Balaban J connectivity index is 3.01. The molecule has 0 aromatic heterocycles. The minimum atomic E-state index is 0.0163. The summed E-state index contributed by atoms with van der Waals surface area (Å²) in [5.74, 6) is 0. The predicted molar refractivity (Wildman–Crippen MR) is 51.2 cm³/mol. The lowest BCUT2D eigenvalue weighted by atomic mass is 10.3. The number of hydrogen-bond acceptors (Lipinski definition) is 1. The van der Waals surface area contributed by atoms with E-state index < -0.39 is 0 Å². The molecule has 0 fully saturated rings. The lowest BCUT2D eigenvalue weighted by Crippen LogP contribution is -1.87. The first-order valence-electron chi connectivity index (χ1n) is 2.31. The summed E-state index contributed by atoms with van der Waals surface area (Å²) in [4.78, 5) is 10.2. The number of aldehydes is 1. The first-order valence-corrected chi connectivity index (χ1v) is 5.59. The Morgan fingerprint density at radius 2 is 2.44 bits per heavy atom. The van der Waals surface area contributed by atoms with Crippen molar-refractivity contribution in [1.29, 1.82) is 0 Å². The van der Waals surface area contributed by atoms with Gasteiger partial charge in [-0.3, -0.25) is 4.79 Å². The fraction of sp³-hybridized carbons (Fsp3) is 0. The maximum Gasteiger partial charge on any atom is 0.151 e. The molecule has 0 radical (unpaired) electrons. The van der Waals surface area contributed by atoms with Gasteiger partial charge in [-0.2, -0.15) is 0 Å². The molecule has 0 aromatic rings. The fourth-order valence-corrected chi connectivity index (χ4v) is 3.33. The zero-order valence-corrected chi connectivity index (χ0v) is 8.22. The van der Waals surface area contributed by atoms with Crippen molar-refractivity contribution < 1.29 is 4.79 Å². The van der Waals surface area contributed by atoms with Crippen molar-refractivity contribution in [1.82, 2.24) is 0 Å². The van der Waals surface area contributed by atoms with Crippen LogP contribution in [-0.4, -0.2) is 10.3 Å². The molecule has 0 atom stereocenters. The third-order valence-electron chi connectivity index (χ3n) is 0.865. The molecule has 0 saturated carbocycles. The number of carbonyl (C=O) groups excluding carboxylic acids is 1. The molecule has 0 amide bonds. The van der Waals surface area contributed by atoms with Crippen molar-refractivity contribution in [2.75, 3.05) is 0 Å². The van der Waals surface area contributed by atoms with Crippen molar-refractivity contribution in [3.8, 4) is 0 Å². The average Bonchev–Trinajstić information content (AvgIpc) is 1.89. The molecule has 0 unspecified atom stereocenters. The smallest absolute Gasteiger partial charge is 0.151 e. The lowest BCUT2D eigenvalue weighted by molar-refractivity contribution is -0.104. The molecule has 1 nitrogen and oxygen atoms in total. The highest BCUT2D eigenvalue weighted by Crippen LogP contribution is 2.19. The van der Waals surface area contributed by atoms with Gasteiger partial charge in [0.25, 0.3) is 0 Å². The molecular formula is C6H4BrIO. The van der Waals surface area contributed by atoms with Crippen LogP contribution in [0.3, 0.4) is 0 Å². The van der Waals surface area contributed by atoms with E-state index in [0.29, 0.717) is 0 Å². The van der Waals surface area contributed by atoms with Gasteiger partial charge in [0.2, 0.25) is 0 Å². The van der Waals surface area contributed by atoms with Crippen LogP contribution in [0.1, 0.15) is 0 Å². The number of hydrogen-bond donors (Lipinski definition) is 0. The summed E-state index contributed by atoms with van der Waals surface area (Å²) in [6.45, 7) is 0. The molecule has 3 heteroatoms. The van der Waals surface area contributed by atoms with Gasteiger partial charge in [0.15, 0.2) is 6.29 Å². The van der Waals surface area contributed by atoms with E-state index in [4.69, 9.17) is 0 Å². The Morgan fingerprint density at radius 3 is 2.89 bits per heavy atom. The van der Waals surface area contributed by atoms with E-state index in [9.17, 15) is 4.79 Å². The molecule has 9 heavy (non-hydrogen) atoms. The normalized spacial score (nSPS) is 17.4. The van der Waals surface area contributed by atoms with Gasteiger partial charge in [-0.1, -0.05) is 36.7 Å². The van der Waals surface area contributed by atoms with E-state index in [1.165, 1.54) is 0 Å². The highest BCUT2D eigenvalue weighted by Gasteiger charge is 1.97. The monoisotopic (exact) mass is 298 g/mol. The summed E-state index contributed by atoms with van der Waals surface area (Å²) in [6.07, 6.45) is 2.82. The van der Waals surface area contributed by atoms with Crippen LogP contribution in [0.15, 0.2) is 20.2 Å². The maximum absolute atomic E-state index is 10.2. The minimum absolute atomic E-state index is 0.0163. The topological polar surface area (TPSA) is 17.1 Å². The standard InChI is InChI=1S/C6H4BrIO/c7-6-1-2-8-3-5(6)4-9/h1-4H. The largest absolute Gasteiger partial charge is 0.298 e. The van der Waals surface area contributed by atoms with E-state index in [2.05, 4.69) is 20.0 Å². The highest BCUT2D eigenvalue weighted by atomic mass is 127. The molecule has 0 aliphatic carbocycles. The quantitative estimate of drug-likeness (QED) is 0.535. The van der Waals surface area contributed by atoms with Crippen molar-refractivity contribution in [2.24, 2.45) is 0 Å². The van der Waals surface area contributed by atoms with Gasteiger partial charge in [0.05, 0.1) is 0 Å². The molecule has 0 N–H and O–H groups in total. The molecule has 0 saturated heterocycles. The van der Waals surface area contributed by atoms with E-state index >= 15 is 0 Å². The van der Waals surface area contributed by atoms with Crippen LogP contribution < -0.4 is 0 Å². The summed E-state index contributed by atoms with van der Waals surface area (Å²) < 4.78 is 5.01. The Morgan fingerprint density at radius 1 is 1.67 bits per heavy atom. The van der Waals surface area contributed by atoms with E-state index in [-0.39, 0.29) is 20.7 Å². The average molecular weight is 299 g/mol. The summed E-state index contributed by atoms with van der Waals surface area (Å²) in [5.41, 5.74) is 0.797. The van der Waals surface area contributed by atoms with Gasteiger partial charge in [0.1, 0.15) is 0 Å². The zero-order valence-electron chi connectivity index (χ0n) is 4.47. The highest BCUT2D eigenvalue weighted by molar-refractivity contribution is 14.2. The predicted octanol–water partition coefficient (Wildman–Crippen LogP) is 2.13. The first-order chi connectivity index (χ1) is 4.34. The van der Waals surface area contributed by atoms with Crippen LogP contribution in [0.5, 0.6) is 0 Å². The van der Waals surface area contributed by atoms with Crippen molar-refractivity contribution >= 4 is 47.0 Å². The molecular weight excluding hydrogens is 295 g/mol. The van der Waals surface area contributed by atoms with Gasteiger partial charge in [-0.15, -0.1) is 0 Å². The Kier molecular flexibility index (Phi) is 2.78. The zero-order chi connectivity index (χ0) is 6.69. The first kappa shape index (κ1) is 7.34. The van der Waals surface area contributed by atoms with Gasteiger partial charge < -0.3 is 0 Å². The Hall–Kier alpha value is 0.230. The van der Waals surface area contributed by atoms with Crippen LogP contribution in [-0.2, 0) is 4.79 Å². The van der Waals surface area contributed by atoms with Gasteiger partial charge >= 0.3 is 0 Å². The molecule has 0 spiro atoms. The second-order valence-electron chi connectivity index (χ2n) is 1.45. The van der Waals surface area contributed by atoms with Gasteiger partial charge in [0, 0.05) is 10.1 Å². The molecule has 48 valence electrons. The molecule has 1 aliphatic heterocycles. The third kappa shape index (κ3) is 1.82. The van der Waals surface area contributed by atoms with E-state index in [1.807, 2.05) is 10.1 Å². The van der Waals surface area contributed by atoms with Crippen molar-refractivity contribution in [3.63, 3.8) is 0 Å². The number of rotatable bonds is 1. The molecule has 1 heterocycles. The number of halogens is 2. The van der Waals surface area contributed by atoms with E-state index in [1.54, 1.807) is 0 Å². The van der Waals surface area contributed by atoms with Crippen molar-refractivity contribution in [2.45, 2.75) is 0 Å². The SMILES string of the molecule is O=CC1=C(Br)C=CI=C1. The summed E-state index contributed by atoms with van der Waals surface area (Å²) in [7, 11) is 0. The van der Waals surface area contributed by atoms with Crippen LogP contribution in [0, 0.1) is 0 Å². The molecule has 1 rings (SSSR count). The van der Waals surface area contributed by atoms with Crippen LogP contribution >= 0.6 is 36.7 Å². The minimum Gasteiger partial charge on any atom is -0.298 e. The molecule has 0 aromatic carbocycles. The summed E-state index contributed by atoms with van der Waals surface area (Å²) in [6, 6.07) is 0. The summed E-state index contributed by atoms with van der Waals surface area (Å²) >= 11 is 3.28. The number of allylic oxidation sites excluding steroid dienone is 3. The van der Waals surface area contributed by atoms with Gasteiger partial charge in [-0.25, -0.2) is 0 Å². The van der Waals surface area contributed by atoms with Crippen LogP contribution in [0.4, 0.5) is 0 Å². The molecule has 0 bridgehead atoms. The third-order valence-corrected chi connectivity index (χ3v) is 3.39. The number of carbonyl (C=O) groups is 1. The van der Waals surface area contributed by atoms with Crippen LogP contribution in [0.2, 0.25) is 0 Å².